The van der Waals surface area contributed by atoms with Gasteiger partial charge < -0.3 is 5.32 Å². The maximum Gasteiger partial charge on any atom is 0.254 e. The molecule has 0 aliphatic rings. The maximum absolute atomic E-state index is 4.38. The second-order valence-electron chi connectivity index (χ2n) is 6.57. The van der Waals surface area contributed by atoms with Crippen molar-refractivity contribution in [2.45, 2.75) is 26.3 Å². The van der Waals surface area contributed by atoms with Gasteiger partial charge in [-0.3, -0.25) is 0 Å². The quantitative estimate of drug-likeness (QED) is 0.592. The van der Waals surface area contributed by atoms with Crippen molar-refractivity contribution >= 4 is 11.6 Å². The predicted octanol–water partition coefficient (Wildman–Crippen LogP) is 4.14. The molecular weight excluding hydrogens is 322 g/mol. The fraction of sp³-hybridized carbons (Fsp3) is 0.190. The number of anilines is 1. The van der Waals surface area contributed by atoms with Crippen LogP contribution >= 0.6 is 0 Å². The molecule has 1 atom stereocenters. The number of nitrogens with zero attached hydrogens (tertiary/aromatic N) is 4. The first kappa shape index (κ1) is 16.3. The molecule has 5 heteroatoms. The Kier molecular flexibility index (Phi) is 4.35. The zero-order valence-electron chi connectivity index (χ0n) is 14.9. The van der Waals surface area contributed by atoms with E-state index in [2.05, 4.69) is 75.8 Å². The molecule has 0 radical (unpaired) electrons. The van der Waals surface area contributed by atoms with Crippen LogP contribution < -0.4 is 5.32 Å². The summed E-state index contributed by atoms with van der Waals surface area (Å²) in [6.45, 7) is 4.14. The van der Waals surface area contributed by atoms with Crippen LogP contribution in [0.25, 0.3) is 16.9 Å². The van der Waals surface area contributed by atoms with Gasteiger partial charge in [-0.25, -0.2) is 4.98 Å². The van der Waals surface area contributed by atoms with Gasteiger partial charge in [0.25, 0.3) is 5.78 Å². The Labute approximate surface area is 152 Å². The highest BCUT2D eigenvalue weighted by Crippen LogP contribution is 2.20. The van der Waals surface area contributed by atoms with Crippen molar-refractivity contribution in [1.29, 1.82) is 0 Å². The van der Waals surface area contributed by atoms with Crippen molar-refractivity contribution in [3.63, 3.8) is 0 Å². The summed E-state index contributed by atoms with van der Waals surface area (Å²) < 4.78 is 1.74. The molecule has 2 aromatic heterocycles. The molecule has 0 aliphatic carbocycles. The fourth-order valence-corrected chi connectivity index (χ4v) is 3.15. The van der Waals surface area contributed by atoms with E-state index < -0.39 is 0 Å². The Morgan fingerprint density at radius 3 is 2.50 bits per heavy atom. The molecule has 4 rings (SSSR count). The molecule has 2 aromatic carbocycles. The average Bonchev–Trinajstić information content (AvgIpc) is 3.11. The van der Waals surface area contributed by atoms with Crippen molar-refractivity contribution in [1.82, 2.24) is 19.6 Å². The van der Waals surface area contributed by atoms with Crippen LogP contribution in [-0.4, -0.2) is 25.6 Å². The highest BCUT2D eigenvalue weighted by molar-refractivity contribution is 5.63. The molecule has 0 saturated heterocycles. The lowest BCUT2D eigenvalue weighted by atomic mass is 10.0. The molecule has 0 fully saturated rings. The molecule has 5 nitrogen and oxygen atoms in total. The standard InChI is InChI=1S/C21H21N5/c1-15(24-20-13-16(2)25-21-22-14-23-26(20)21)12-17-8-10-19(11-9-17)18-6-4-3-5-7-18/h3-11,13-15,24H,12H2,1-2H3/t15-/m1/s1. The van der Waals surface area contributed by atoms with E-state index >= 15 is 0 Å². The minimum atomic E-state index is 0.256. The van der Waals surface area contributed by atoms with E-state index in [4.69, 9.17) is 0 Å². The lowest BCUT2D eigenvalue weighted by molar-refractivity contribution is 0.770. The summed E-state index contributed by atoms with van der Waals surface area (Å²) in [4.78, 5) is 8.55. The van der Waals surface area contributed by atoms with Gasteiger partial charge in [-0.15, -0.1) is 0 Å². The fourth-order valence-electron chi connectivity index (χ4n) is 3.15. The largest absolute Gasteiger partial charge is 0.367 e. The van der Waals surface area contributed by atoms with E-state index in [0.717, 1.165) is 17.9 Å². The van der Waals surface area contributed by atoms with E-state index in [0.29, 0.717) is 5.78 Å². The third kappa shape index (κ3) is 3.42. The summed E-state index contributed by atoms with van der Waals surface area (Å²) in [6.07, 6.45) is 2.45. The van der Waals surface area contributed by atoms with Gasteiger partial charge >= 0.3 is 0 Å². The third-order valence-corrected chi connectivity index (χ3v) is 4.38. The minimum absolute atomic E-state index is 0.256. The number of aryl methyl sites for hydroxylation is 1. The molecule has 0 amide bonds. The first-order valence-corrected chi connectivity index (χ1v) is 8.77. The van der Waals surface area contributed by atoms with Crippen molar-refractivity contribution in [3.8, 4) is 11.1 Å². The van der Waals surface area contributed by atoms with Crippen LogP contribution in [0.2, 0.25) is 0 Å². The predicted molar refractivity (Wildman–Crippen MR) is 104 cm³/mol. The van der Waals surface area contributed by atoms with Crippen LogP contribution in [0.4, 0.5) is 5.82 Å². The lowest BCUT2D eigenvalue weighted by Gasteiger charge is -2.16. The number of hydrogen-bond acceptors (Lipinski definition) is 4. The van der Waals surface area contributed by atoms with Gasteiger partial charge in [0.2, 0.25) is 0 Å². The third-order valence-electron chi connectivity index (χ3n) is 4.38. The summed E-state index contributed by atoms with van der Waals surface area (Å²) in [5.41, 5.74) is 4.70. The number of fused-ring (bicyclic) bond motifs is 1. The molecule has 4 aromatic rings. The smallest absolute Gasteiger partial charge is 0.254 e. The second kappa shape index (κ2) is 6.96. The monoisotopic (exact) mass is 343 g/mol. The normalized spacial score (nSPS) is 12.2. The maximum atomic E-state index is 4.38. The number of hydrogen-bond donors (Lipinski definition) is 1. The zero-order valence-corrected chi connectivity index (χ0v) is 14.9. The molecule has 0 saturated carbocycles. The highest BCUT2D eigenvalue weighted by Gasteiger charge is 2.09. The highest BCUT2D eigenvalue weighted by atomic mass is 15.4. The lowest BCUT2D eigenvalue weighted by Crippen LogP contribution is -2.20. The summed E-state index contributed by atoms with van der Waals surface area (Å²) in [6, 6.07) is 21.5. The van der Waals surface area contributed by atoms with E-state index in [9.17, 15) is 0 Å². The topological polar surface area (TPSA) is 55.1 Å². The van der Waals surface area contributed by atoms with Crippen molar-refractivity contribution in [2.75, 3.05) is 5.32 Å². The van der Waals surface area contributed by atoms with Crippen LogP contribution in [0.15, 0.2) is 67.0 Å². The van der Waals surface area contributed by atoms with E-state index in [-0.39, 0.29) is 6.04 Å². The molecular formula is C21H21N5. The minimum Gasteiger partial charge on any atom is -0.367 e. The number of rotatable bonds is 5. The zero-order chi connectivity index (χ0) is 17.9. The number of aromatic nitrogens is 4. The first-order valence-electron chi connectivity index (χ1n) is 8.77. The molecule has 0 aliphatic heterocycles. The first-order chi connectivity index (χ1) is 12.7. The average molecular weight is 343 g/mol. The summed E-state index contributed by atoms with van der Waals surface area (Å²) >= 11 is 0. The van der Waals surface area contributed by atoms with Gasteiger partial charge in [-0.05, 0) is 37.0 Å². The van der Waals surface area contributed by atoms with Crippen LogP contribution in [0.1, 0.15) is 18.2 Å². The van der Waals surface area contributed by atoms with Crippen molar-refractivity contribution < 1.29 is 0 Å². The van der Waals surface area contributed by atoms with Gasteiger partial charge in [0, 0.05) is 17.8 Å². The molecule has 130 valence electrons. The SMILES string of the molecule is Cc1cc(N[C@H](C)Cc2ccc(-c3ccccc3)cc2)n2ncnc2n1. The molecule has 26 heavy (non-hydrogen) atoms. The summed E-state index contributed by atoms with van der Waals surface area (Å²) in [5.74, 6) is 1.53. The molecule has 1 N–H and O–H groups in total. The Balaban J connectivity index is 1.48. The Morgan fingerprint density at radius 2 is 1.73 bits per heavy atom. The van der Waals surface area contributed by atoms with Crippen LogP contribution in [-0.2, 0) is 6.42 Å². The van der Waals surface area contributed by atoms with Gasteiger partial charge in [0.1, 0.15) is 12.1 Å². The van der Waals surface area contributed by atoms with Gasteiger partial charge in [-0.2, -0.15) is 14.6 Å². The molecule has 2 heterocycles. The van der Waals surface area contributed by atoms with Gasteiger partial charge in [0.15, 0.2) is 0 Å². The summed E-state index contributed by atoms with van der Waals surface area (Å²) in [5, 5.41) is 7.77. The van der Waals surface area contributed by atoms with Crippen LogP contribution in [0, 0.1) is 6.92 Å². The number of nitrogens with one attached hydrogen (secondary N) is 1. The number of benzene rings is 2. The molecule has 0 spiro atoms. The van der Waals surface area contributed by atoms with Gasteiger partial charge in [-0.1, -0.05) is 54.6 Å². The summed E-state index contributed by atoms with van der Waals surface area (Å²) in [7, 11) is 0. The Morgan fingerprint density at radius 1 is 1.00 bits per heavy atom. The van der Waals surface area contributed by atoms with Crippen molar-refractivity contribution in [3.05, 3.63) is 78.2 Å². The second-order valence-corrected chi connectivity index (χ2v) is 6.57. The van der Waals surface area contributed by atoms with E-state index in [1.807, 2.05) is 19.1 Å². The van der Waals surface area contributed by atoms with E-state index in [1.165, 1.54) is 23.0 Å². The Hall–Kier alpha value is -3.21. The van der Waals surface area contributed by atoms with Gasteiger partial charge in [0.05, 0.1) is 0 Å². The Bertz CT molecular complexity index is 1010. The van der Waals surface area contributed by atoms with E-state index in [1.54, 1.807) is 4.52 Å². The van der Waals surface area contributed by atoms with Crippen LogP contribution in [0.3, 0.4) is 0 Å². The molecule has 0 bridgehead atoms. The van der Waals surface area contributed by atoms with Crippen molar-refractivity contribution in [2.24, 2.45) is 0 Å². The molecule has 0 unspecified atom stereocenters. The van der Waals surface area contributed by atoms with Crippen LogP contribution in [0.5, 0.6) is 0 Å².